The smallest absolute Gasteiger partial charge is 0.220 e. The maximum absolute atomic E-state index is 11.2. The number of carbonyl (C=O) groups is 1. The molecular formula is C20H36NO. The van der Waals surface area contributed by atoms with E-state index in [9.17, 15) is 4.79 Å². The van der Waals surface area contributed by atoms with E-state index in [1.807, 2.05) is 6.92 Å². The Morgan fingerprint density at radius 3 is 2.05 bits per heavy atom. The van der Waals surface area contributed by atoms with Gasteiger partial charge in [-0.05, 0) is 45.4 Å². The van der Waals surface area contributed by atoms with Crippen LogP contribution in [0, 0.1) is 6.54 Å². The van der Waals surface area contributed by atoms with Crippen LogP contribution in [-0.4, -0.2) is 5.91 Å². The molecule has 0 fully saturated rings. The molecule has 1 radical (unpaired) electrons. The second-order valence-electron chi connectivity index (χ2n) is 5.84. The highest BCUT2D eigenvalue weighted by molar-refractivity contribution is 5.76. The number of hydrogen-bond acceptors (Lipinski definition) is 1. The molecule has 0 spiro atoms. The van der Waals surface area contributed by atoms with Crippen molar-refractivity contribution >= 4 is 5.91 Å². The normalized spacial score (nSPS) is 11.5. The molecule has 0 aliphatic rings. The van der Waals surface area contributed by atoms with E-state index in [4.69, 9.17) is 0 Å². The van der Waals surface area contributed by atoms with Gasteiger partial charge in [0.15, 0.2) is 0 Å². The van der Waals surface area contributed by atoms with Crippen LogP contribution in [0.3, 0.4) is 0 Å². The lowest BCUT2D eigenvalue weighted by molar-refractivity contribution is -0.120. The van der Waals surface area contributed by atoms with Crippen LogP contribution < -0.4 is 5.32 Å². The molecule has 0 unspecified atom stereocenters. The number of rotatable bonds is 15. The Hall–Kier alpha value is -1.05. The molecule has 0 saturated heterocycles. The average Bonchev–Trinajstić information content (AvgIpc) is 2.51. The molecular weight excluding hydrogens is 270 g/mol. The zero-order valence-electron chi connectivity index (χ0n) is 14.8. The van der Waals surface area contributed by atoms with E-state index < -0.39 is 0 Å². The van der Waals surface area contributed by atoms with Crippen molar-refractivity contribution in [3.8, 4) is 0 Å². The van der Waals surface area contributed by atoms with Crippen LogP contribution >= 0.6 is 0 Å². The third-order valence-electron chi connectivity index (χ3n) is 3.66. The Balaban J connectivity index is 3.22. The Bertz CT molecular complexity index is 294. The van der Waals surface area contributed by atoms with Crippen LogP contribution in [0.25, 0.3) is 0 Å². The lowest BCUT2D eigenvalue weighted by Gasteiger charge is -2.01. The standard InChI is InChI=1S/C20H36NO/c1-3-5-6-7-8-9-10-11-12-13-14-15-16-17-18-19-20(22)21-4-2/h4,8-9,11-12H,3,5-7,10,13-19H2,1-2H3,(H,21,22)/b9-8-,12-11-. The van der Waals surface area contributed by atoms with Crippen LogP contribution in [0.2, 0.25) is 0 Å². The van der Waals surface area contributed by atoms with E-state index in [-0.39, 0.29) is 5.91 Å². The van der Waals surface area contributed by atoms with Gasteiger partial charge in [-0.25, -0.2) is 0 Å². The molecule has 0 aromatic rings. The molecule has 0 aromatic heterocycles. The van der Waals surface area contributed by atoms with Crippen molar-refractivity contribution in [3.05, 3.63) is 30.8 Å². The topological polar surface area (TPSA) is 29.1 Å². The highest BCUT2D eigenvalue weighted by Gasteiger charge is 1.98. The van der Waals surface area contributed by atoms with Gasteiger partial charge in [0.05, 0.1) is 0 Å². The van der Waals surface area contributed by atoms with Crippen LogP contribution in [0.5, 0.6) is 0 Å². The minimum atomic E-state index is 0.146. The van der Waals surface area contributed by atoms with Gasteiger partial charge in [-0.15, -0.1) is 0 Å². The molecule has 0 aliphatic heterocycles. The summed E-state index contributed by atoms with van der Waals surface area (Å²) in [7, 11) is 0. The molecule has 0 saturated carbocycles. The lowest BCUT2D eigenvalue weighted by Crippen LogP contribution is -2.18. The quantitative estimate of drug-likeness (QED) is 0.287. The fourth-order valence-electron chi connectivity index (χ4n) is 2.33. The zero-order chi connectivity index (χ0) is 16.3. The van der Waals surface area contributed by atoms with E-state index in [0.717, 1.165) is 12.8 Å². The summed E-state index contributed by atoms with van der Waals surface area (Å²) in [4.78, 5) is 11.2. The van der Waals surface area contributed by atoms with Crippen molar-refractivity contribution in [3.63, 3.8) is 0 Å². The predicted octanol–water partition coefficient (Wildman–Crippen LogP) is 6.10. The first kappa shape index (κ1) is 20.9. The first-order valence-corrected chi connectivity index (χ1v) is 9.18. The molecule has 0 rings (SSSR count). The Morgan fingerprint density at radius 2 is 1.41 bits per heavy atom. The summed E-state index contributed by atoms with van der Waals surface area (Å²) >= 11 is 0. The number of amides is 1. The Morgan fingerprint density at radius 1 is 0.818 bits per heavy atom. The summed E-state index contributed by atoms with van der Waals surface area (Å²) in [6, 6.07) is 0. The number of allylic oxidation sites excluding steroid dienone is 4. The number of carbonyl (C=O) groups excluding carboxylic acids is 1. The Kier molecular flexibility index (Phi) is 17.1. The predicted molar refractivity (Wildman–Crippen MR) is 97.5 cm³/mol. The third-order valence-corrected chi connectivity index (χ3v) is 3.66. The monoisotopic (exact) mass is 306 g/mol. The third kappa shape index (κ3) is 17.0. The van der Waals surface area contributed by atoms with E-state index in [1.54, 1.807) is 6.54 Å². The molecule has 2 heteroatoms. The largest absolute Gasteiger partial charge is 0.352 e. The second-order valence-corrected chi connectivity index (χ2v) is 5.84. The first-order valence-electron chi connectivity index (χ1n) is 9.18. The van der Waals surface area contributed by atoms with Crippen molar-refractivity contribution < 1.29 is 4.79 Å². The number of hydrogen-bond donors (Lipinski definition) is 1. The second kappa shape index (κ2) is 18.0. The van der Waals surface area contributed by atoms with Gasteiger partial charge in [0.2, 0.25) is 5.91 Å². The molecule has 0 aromatic carbocycles. The Labute approximate surface area is 138 Å². The van der Waals surface area contributed by atoms with Crippen LogP contribution in [0.1, 0.15) is 90.9 Å². The average molecular weight is 307 g/mol. The summed E-state index contributed by atoms with van der Waals surface area (Å²) < 4.78 is 0. The summed E-state index contributed by atoms with van der Waals surface area (Å²) in [6.07, 6.45) is 23.3. The van der Waals surface area contributed by atoms with Crippen molar-refractivity contribution in [2.75, 3.05) is 0 Å². The lowest BCUT2D eigenvalue weighted by atomic mass is 10.1. The van der Waals surface area contributed by atoms with Gasteiger partial charge in [-0.1, -0.05) is 63.3 Å². The summed E-state index contributed by atoms with van der Waals surface area (Å²) in [6.45, 7) is 5.79. The van der Waals surface area contributed by atoms with Crippen molar-refractivity contribution in [2.45, 2.75) is 90.9 Å². The maximum Gasteiger partial charge on any atom is 0.220 e. The molecule has 1 amide bonds. The summed E-state index contributed by atoms with van der Waals surface area (Å²) in [5, 5.41) is 2.72. The maximum atomic E-state index is 11.2. The van der Waals surface area contributed by atoms with Crippen molar-refractivity contribution in [1.29, 1.82) is 0 Å². The van der Waals surface area contributed by atoms with Gasteiger partial charge in [-0.3, -0.25) is 4.79 Å². The molecule has 1 N–H and O–H groups in total. The molecule has 127 valence electrons. The summed E-state index contributed by atoms with van der Waals surface area (Å²) in [5.74, 6) is 0.146. The molecule has 0 bridgehead atoms. The zero-order valence-corrected chi connectivity index (χ0v) is 14.8. The van der Waals surface area contributed by atoms with Crippen LogP contribution in [0.4, 0.5) is 0 Å². The SMILES string of the molecule is C[CH]NC(=O)CCCCCCC/C=C\C/C=C\CCCCC. The number of unbranched alkanes of at least 4 members (excludes halogenated alkanes) is 8. The number of nitrogens with one attached hydrogen (secondary N) is 1. The molecule has 2 nitrogen and oxygen atoms in total. The molecule has 0 aliphatic carbocycles. The fourth-order valence-corrected chi connectivity index (χ4v) is 2.33. The molecule has 22 heavy (non-hydrogen) atoms. The van der Waals surface area contributed by atoms with E-state index in [2.05, 4.69) is 36.5 Å². The van der Waals surface area contributed by atoms with Gasteiger partial charge in [0, 0.05) is 13.0 Å². The summed E-state index contributed by atoms with van der Waals surface area (Å²) in [5.41, 5.74) is 0. The van der Waals surface area contributed by atoms with Gasteiger partial charge in [-0.2, -0.15) is 0 Å². The first-order chi connectivity index (χ1) is 10.8. The molecule has 0 heterocycles. The van der Waals surface area contributed by atoms with Crippen molar-refractivity contribution in [2.24, 2.45) is 0 Å². The van der Waals surface area contributed by atoms with Gasteiger partial charge < -0.3 is 5.32 Å². The highest BCUT2D eigenvalue weighted by atomic mass is 16.1. The molecule has 0 atom stereocenters. The van der Waals surface area contributed by atoms with Crippen molar-refractivity contribution in [1.82, 2.24) is 5.32 Å². The minimum absolute atomic E-state index is 0.146. The fraction of sp³-hybridized carbons (Fsp3) is 0.700. The van der Waals surface area contributed by atoms with Gasteiger partial charge in [0.25, 0.3) is 0 Å². The van der Waals surface area contributed by atoms with Crippen LogP contribution in [0.15, 0.2) is 24.3 Å². The van der Waals surface area contributed by atoms with E-state index in [1.165, 1.54) is 57.8 Å². The van der Waals surface area contributed by atoms with E-state index >= 15 is 0 Å². The highest BCUT2D eigenvalue weighted by Crippen LogP contribution is 2.08. The van der Waals surface area contributed by atoms with Gasteiger partial charge >= 0.3 is 0 Å². The van der Waals surface area contributed by atoms with Crippen LogP contribution in [-0.2, 0) is 4.79 Å². The minimum Gasteiger partial charge on any atom is -0.352 e. The van der Waals surface area contributed by atoms with E-state index in [0.29, 0.717) is 6.42 Å². The van der Waals surface area contributed by atoms with Gasteiger partial charge in [0.1, 0.15) is 0 Å².